The van der Waals surface area contributed by atoms with Gasteiger partial charge in [0.1, 0.15) is 11.7 Å². The van der Waals surface area contributed by atoms with Crippen molar-refractivity contribution >= 4 is 51.5 Å². The number of aryl methyl sites for hydroxylation is 2. The second-order valence-corrected chi connectivity index (χ2v) is 10.4. The van der Waals surface area contributed by atoms with Crippen LogP contribution in [0.1, 0.15) is 39.1 Å². The molecule has 0 aliphatic rings. The second kappa shape index (κ2) is 9.74. The number of aromatic nitrogens is 5. The number of ether oxygens (including phenoxy) is 2. The van der Waals surface area contributed by atoms with Crippen molar-refractivity contribution in [3.8, 4) is 17.1 Å². The molecule has 1 N–H and O–H groups in total. The highest BCUT2D eigenvalue weighted by Gasteiger charge is 2.21. The number of carbonyl (C=O) groups is 1. The molecule has 32 heavy (non-hydrogen) atoms. The topological polar surface area (TPSA) is 96.1 Å². The molecule has 9 nitrogen and oxygen atoms in total. The number of halogens is 1. The summed E-state index contributed by atoms with van der Waals surface area (Å²) in [6, 6.07) is 1.99. The van der Waals surface area contributed by atoms with E-state index in [1.807, 2.05) is 52.2 Å². The number of rotatable bonds is 7. The van der Waals surface area contributed by atoms with Crippen LogP contribution >= 0.6 is 28.4 Å². The van der Waals surface area contributed by atoms with E-state index in [9.17, 15) is 4.79 Å². The first kappa shape index (κ1) is 24.4. The van der Waals surface area contributed by atoms with Crippen molar-refractivity contribution in [2.75, 3.05) is 6.54 Å². The molecule has 0 aliphatic heterocycles. The SMILES string of the molecule is C=Cc1nn(PI)c2c(C)nc(-c3cnn(C)c3OC(C)CNC(=O)OC(C)(C)C)cc12. The summed E-state index contributed by atoms with van der Waals surface area (Å²) in [5, 5.41) is 12.7. The molecule has 0 fully saturated rings. The number of alkyl carbamates (subject to hydrolysis) is 1. The normalized spacial score (nSPS) is 13.0. The number of nitrogens with zero attached hydrogens (tertiary/aromatic N) is 5. The number of fused-ring (bicyclic) bond motifs is 1. The van der Waals surface area contributed by atoms with Gasteiger partial charge in [-0.05, 0) is 68.8 Å². The van der Waals surface area contributed by atoms with Crippen molar-refractivity contribution in [1.29, 1.82) is 0 Å². The Hall–Kier alpha value is -2.20. The Labute approximate surface area is 202 Å². The fourth-order valence-electron chi connectivity index (χ4n) is 3.21. The molecule has 0 bridgehead atoms. The molecule has 0 radical (unpaired) electrons. The Morgan fingerprint density at radius 3 is 2.78 bits per heavy atom. The van der Waals surface area contributed by atoms with Crippen LogP contribution in [0, 0.1) is 6.92 Å². The summed E-state index contributed by atoms with van der Waals surface area (Å²) in [5.74, 6) is 0.568. The third-order valence-electron chi connectivity index (χ3n) is 4.54. The average Bonchev–Trinajstić information content (AvgIpc) is 3.25. The van der Waals surface area contributed by atoms with Gasteiger partial charge in [-0.3, -0.25) is 4.98 Å². The second-order valence-electron chi connectivity index (χ2n) is 8.37. The van der Waals surface area contributed by atoms with E-state index in [1.165, 1.54) is 0 Å². The lowest BCUT2D eigenvalue weighted by Gasteiger charge is -2.21. The Morgan fingerprint density at radius 2 is 2.16 bits per heavy atom. The van der Waals surface area contributed by atoms with Gasteiger partial charge in [0.05, 0.1) is 47.3 Å². The lowest BCUT2D eigenvalue weighted by Crippen LogP contribution is -2.37. The Balaban J connectivity index is 1.86. The first-order valence-electron chi connectivity index (χ1n) is 10.1. The number of nitrogens with one attached hydrogen (secondary N) is 1. The molecule has 11 heteroatoms. The summed E-state index contributed by atoms with van der Waals surface area (Å²) in [5.41, 5.74) is 3.64. The number of hydrogen-bond acceptors (Lipinski definition) is 6. The number of amides is 1. The molecular weight excluding hydrogens is 542 g/mol. The van der Waals surface area contributed by atoms with Crippen molar-refractivity contribution < 1.29 is 14.3 Å². The molecule has 3 aromatic rings. The molecule has 3 aromatic heterocycles. The quantitative estimate of drug-likeness (QED) is 0.322. The van der Waals surface area contributed by atoms with Gasteiger partial charge in [-0.1, -0.05) is 6.58 Å². The first-order valence-corrected chi connectivity index (χ1v) is 14.2. The van der Waals surface area contributed by atoms with Gasteiger partial charge in [-0.25, -0.2) is 13.9 Å². The van der Waals surface area contributed by atoms with Crippen LogP contribution in [0.2, 0.25) is 0 Å². The minimum atomic E-state index is -0.554. The Kier molecular flexibility index (Phi) is 7.44. The third-order valence-corrected chi connectivity index (χ3v) is 6.40. The average molecular weight is 570 g/mol. The maximum atomic E-state index is 11.9. The van der Waals surface area contributed by atoms with Gasteiger partial charge < -0.3 is 14.8 Å². The minimum absolute atomic E-state index is 0.287. The van der Waals surface area contributed by atoms with Gasteiger partial charge in [0.15, 0.2) is 0 Å². The van der Waals surface area contributed by atoms with Crippen LogP contribution in [0.4, 0.5) is 4.79 Å². The van der Waals surface area contributed by atoms with Gasteiger partial charge in [0, 0.05) is 12.4 Å². The lowest BCUT2D eigenvalue weighted by molar-refractivity contribution is 0.0503. The van der Waals surface area contributed by atoms with E-state index < -0.39 is 11.7 Å². The standard InChI is InChI=1S/C21H28IN6O3P/c1-8-16-14-9-17(25-13(3)18(14)28(26-16)32-22)15-11-24-27(7)19(15)30-12(2)10-23-20(29)31-21(4,5)6/h8-9,11-12,32H,1,10H2,2-7H3,(H,23,29). The molecule has 0 spiro atoms. The molecule has 0 saturated carbocycles. The van der Waals surface area contributed by atoms with Crippen LogP contribution in [0.15, 0.2) is 18.8 Å². The third kappa shape index (κ3) is 5.40. The van der Waals surface area contributed by atoms with Crippen molar-refractivity contribution in [2.45, 2.75) is 46.3 Å². The van der Waals surface area contributed by atoms with E-state index >= 15 is 0 Å². The maximum Gasteiger partial charge on any atom is 0.407 e. The summed E-state index contributed by atoms with van der Waals surface area (Å²) < 4.78 is 15.0. The van der Waals surface area contributed by atoms with Gasteiger partial charge in [0.25, 0.3) is 0 Å². The first-order chi connectivity index (χ1) is 15.0. The number of pyridine rings is 1. The van der Waals surface area contributed by atoms with Crippen molar-refractivity contribution in [3.05, 3.63) is 30.2 Å². The lowest BCUT2D eigenvalue weighted by atomic mass is 10.1. The fraction of sp³-hybridized carbons (Fsp3) is 0.429. The van der Waals surface area contributed by atoms with Crippen LogP contribution in [0.5, 0.6) is 5.88 Å². The molecule has 3 rings (SSSR count). The molecule has 1 amide bonds. The van der Waals surface area contributed by atoms with Crippen LogP contribution in [-0.4, -0.2) is 48.7 Å². The highest BCUT2D eigenvalue weighted by molar-refractivity contribution is 14.2. The van der Waals surface area contributed by atoms with Crippen LogP contribution < -0.4 is 10.1 Å². The monoisotopic (exact) mass is 570 g/mol. The van der Waals surface area contributed by atoms with E-state index in [0.29, 0.717) is 12.3 Å². The van der Waals surface area contributed by atoms with Crippen LogP contribution in [0.3, 0.4) is 0 Å². The molecule has 0 aliphatic carbocycles. The largest absolute Gasteiger partial charge is 0.472 e. The summed E-state index contributed by atoms with van der Waals surface area (Å²) in [6.07, 6.45) is 3.15. The fourth-order valence-corrected chi connectivity index (χ4v) is 4.76. The zero-order valence-electron chi connectivity index (χ0n) is 19.1. The molecule has 0 saturated heterocycles. The molecule has 2 unspecified atom stereocenters. The predicted molar refractivity (Wildman–Crippen MR) is 137 cm³/mol. The van der Waals surface area contributed by atoms with Crippen molar-refractivity contribution in [3.63, 3.8) is 0 Å². The van der Waals surface area contributed by atoms with E-state index in [1.54, 1.807) is 17.0 Å². The van der Waals surface area contributed by atoms with E-state index in [-0.39, 0.29) is 12.6 Å². The van der Waals surface area contributed by atoms with Gasteiger partial charge in [-0.2, -0.15) is 10.2 Å². The zero-order chi connectivity index (χ0) is 23.6. The Morgan fingerprint density at radius 1 is 1.44 bits per heavy atom. The van der Waals surface area contributed by atoms with Crippen LogP contribution in [-0.2, 0) is 11.8 Å². The molecule has 0 aromatic carbocycles. The zero-order valence-corrected chi connectivity index (χ0v) is 22.2. The van der Waals surface area contributed by atoms with Crippen molar-refractivity contribution in [1.82, 2.24) is 29.6 Å². The molecule has 3 heterocycles. The molecular formula is C21H28IN6O3P. The van der Waals surface area contributed by atoms with Crippen molar-refractivity contribution in [2.24, 2.45) is 7.05 Å². The molecule has 2 atom stereocenters. The smallest absolute Gasteiger partial charge is 0.407 e. The van der Waals surface area contributed by atoms with Gasteiger partial charge in [0.2, 0.25) is 5.88 Å². The summed E-state index contributed by atoms with van der Waals surface area (Å²) in [4.78, 5) is 16.7. The predicted octanol–water partition coefficient (Wildman–Crippen LogP) is 4.87. The maximum absolute atomic E-state index is 11.9. The highest BCUT2D eigenvalue weighted by atomic mass is 127. The Bertz CT molecular complexity index is 1150. The number of carbonyl (C=O) groups excluding carboxylic acids is 1. The number of hydrogen-bond donors (Lipinski definition) is 1. The summed E-state index contributed by atoms with van der Waals surface area (Å²) in [6.45, 7) is 13.5. The summed E-state index contributed by atoms with van der Waals surface area (Å²) in [7, 11) is 1.81. The molecule has 172 valence electrons. The van der Waals surface area contributed by atoms with Crippen LogP contribution in [0.25, 0.3) is 28.2 Å². The van der Waals surface area contributed by atoms with Gasteiger partial charge >= 0.3 is 6.09 Å². The van der Waals surface area contributed by atoms with E-state index in [0.717, 1.165) is 33.5 Å². The van der Waals surface area contributed by atoms with E-state index in [4.69, 9.17) is 14.5 Å². The summed E-state index contributed by atoms with van der Waals surface area (Å²) >= 11 is 2.30. The minimum Gasteiger partial charge on any atom is -0.472 e. The van der Waals surface area contributed by atoms with Gasteiger partial charge in [-0.15, -0.1) is 0 Å². The highest BCUT2D eigenvalue weighted by Crippen LogP contribution is 2.36. The van der Waals surface area contributed by atoms with E-state index in [2.05, 4.69) is 44.1 Å².